The summed E-state index contributed by atoms with van der Waals surface area (Å²) in [5.74, 6) is 0.351. The maximum absolute atomic E-state index is 12.6. The van der Waals surface area contributed by atoms with Crippen molar-refractivity contribution in [3.8, 4) is 0 Å². The van der Waals surface area contributed by atoms with Crippen LogP contribution in [0, 0.1) is 5.92 Å². The fourth-order valence-corrected chi connectivity index (χ4v) is 5.81. The van der Waals surface area contributed by atoms with E-state index in [2.05, 4.69) is 40.9 Å². The molecule has 1 N–H and O–H groups in total. The summed E-state index contributed by atoms with van der Waals surface area (Å²) in [5, 5.41) is 4.06. The molecule has 2 aliphatic rings. The highest BCUT2D eigenvalue weighted by molar-refractivity contribution is 6.76. The molecular formula is C24H38N4O4Si. The zero-order valence-corrected chi connectivity index (χ0v) is 21.6. The van der Waals surface area contributed by atoms with Crippen LogP contribution in [0.15, 0.2) is 18.5 Å². The third-order valence-electron chi connectivity index (χ3n) is 6.96. The second kappa shape index (κ2) is 10.1. The summed E-state index contributed by atoms with van der Waals surface area (Å²) in [6.07, 6.45) is 7.74. The van der Waals surface area contributed by atoms with Crippen LogP contribution in [-0.2, 0) is 20.9 Å². The predicted octanol–water partition coefficient (Wildman–Crippen LogP) is 4.03. The molecule has 182 valence electrons. The molecule has 1 saturated carbocycles. The summed E-state index contributed by atoms with van der Waals surface area (Å²) in [7, 11) is 2.29. The molecule has 2 aromatic heterocycles. The molecule has 33 heavy (non-hydrogen) atoms. The van der Waals surface area contributed by atoms with Gasteiger partial charge in [-0.3, -0.25) is 4.79 Å². The third kappa shape index (κ3) is 5.26. The van der Waals surface area contributed by atoms with Gasteiger partial charge in [-0.25, -0.2) is 4.98 Å². The normalized spacial score (nSPS) is 21.5. The molecule has 0 atom stereocenters. The molecule has 1 aliphatic carbocycles. The molecule has 3 heterocycles. The van der Waals surface area contributed by atoms with Gasteiger partial charge in [0.1, 0.15) is 12.4 Å². The van der Waals surface area contributed by atoms with Crippen molar-refractivity contribution in [1.29, 1.82) is 0 Å². The molecule has 4 rings (SSSR count). The van der Waals surface area contributed by atoms with Crippen LogP contribution >= 0.6 is 0 Å². The number of methoxy groups -OCH3 is 2. The van der Waals surface area contributed by atoms with Gasteiger partial charge in [-0.05, 0) is 37.8 Å². The first kappa shape index (κ1) is 24.2. The van der Waals surface area contributed by atoms with Gasteiger partial charge in [0, 0.05) is 58.6 Å². The van der Waals surface area contributed by atoms with Gasteiger partial charge < -0.3 is 29.0 Å². The fourth-order valence-electron chi connectivity index (χ4n) is 5.06. The van der Waals surface area contributed by atoms with Gasteiger partial charge in [-0.2, -0.15) is 0 Å². The van der Waals surface area contributed by atoms with Crippen LogP contribution < -0.4 is 10.2 Å². The van der Waals surface area contributed by atoms with E-state index >= 15 is 0 Å². The smallest absolute Gasteiger partial charge is 0.256 e. The van der Waals surface area contributed by atoms with Gasteiger partial charge in [-0.15, -0.1) is 0 Å². The Hall–Kier alpha value is -1.94. The predicted molar refractivity (Wildman–Crippen MR) is 132 cm³/mol. The van der Waals surface area contributed by atoms with Gasteiger partial charge >= 0.3 is 0 Å². The van der Waals surface area contributed by atoms with Crippen LogP contribution in [0.1, 0.15) is 36.0 Å². The quantitative estimate of drug-likeness (QED) is 0.336. The Kier molecular flexibility index (Phi) is 7.42. The van der Waals surface area contributed by atoms with Crippen LogP contribution in [0.4, 0.5) is 5.69 Å². The number of carbonyl (C=O) groups excluding carboxylic acids is 1. The SMILES string of the molecule is COC(OC)C1CCC(N2CNC(=O)c3cnc4c(ccn4COCC[Si](C)(C)C)c32)CC1. The molecule has 0 aromatic carbocycles. The van der Waals surface area contributed by atoms with E-state index in [0.29, 0.717) is 30.9 Å². The zero-order valence-electron chi connectivity index (χ0n) is 20.6. The van der Waals surface area contributed by atoms with Gasteiger partial charge in [0.2, 0.25) is 0 Å². The van der Waals surface area contributed by atoms with Gasteiger partial charge in [0.05, 0.1) is 17.9 Å². The van der Waals surface area contributed by atoms with Gasteiger partial charge in [-0.1, -0.05) is 19.6 Å². The molecule has 9 heteroatoms. The molecule has 1 fully saturated rings. The lowest BCUT2D eigenvalue weighted by atomic mass is 9.84. The largest absolute Gasteiger partial charge is 0.361 e. The Morgan fingerprint density at radius 1 is 1.18 bits per heavy atom. The zero-order chi connectivity index (χ0) is 23.6. The number of pyridine rings is 1. The molecule has 0 radical (unpaired) electrons. The third-order valence-corrected chi connectivity index (χ3v) is 8.66. The van der Waals surface area contributed by atoms with E-state index in [4.69, 9.17) is 14.2 Å². The highest BCUT2D eigenvalue weighted by Crippen LogP contribution is 2.38. The highest BCUT2D eigenvalue weighted by atomic mass is 28.3. The van der Waals surface area contributed by atoms with Crippen LogP contribution in [0.2, 0.25) is 25.7 Å². The van der Waals surface area contributed by atoms with Crippen molar-refractivity contribution in [3.63, 3.8) is 0 Å². The number of hydrogen-bond donors (Lipinski definition) is 1. The summed E-state index contributed by atoms with van der Waals surface area (Å²) in [5.41, 5.74) is 2.52. The average molecular weight is 475 g/mol. The van der Waals surface area contributed by atoms with E-state index in [9.17, 15) is 4.79 Å². The molecule has 0 bridgehead atoms. The van der Waals surface area contributed by atoms with E-state index in [1.165, 1.54) is 0 Å². The van der Waals surface area contributed by atoms with Crippen LogP contribution in [0.5, 0.6) is 0 Å². The first-order chi connectivity index (χ1) is 15.8. The summed E-state index contributed by atoms with van der Waals surface area (Å²) in [6.45, 7) is 8.83. The average Bonchev–Trinajstić information content (AvgIpc) is 3.21. The number of nitrogens with zero attached hydrogens (tertiary/aromatic N) is 3. The summed E-state index contributed by atoms with van der Waals surface area (Å²) < 4.78 is 19.0. The van der Waals surface area contributed by atoms with E-state index < -0.39 is 8.07 Å². The highest BCUT2D eigenvalue weighted by Gasteiger charge is 2.35. The molecule has 0 unspecified atom stereocenters. The molecule has 8 nitrogen and oxygen atoms in total. The Morgan fingerprint density at radius 2 is 1.91 bits per heavy atom. The lowest BCUT2D eigenvalue weighted by Crippen LogP contribution is -2.50. The number of carbonyl (C=O) groups is 1. The van der Waals surface area contributed by atoms with E-state index in [-0.39, 0.29) is 12.2 Å². The molecular weight excluding hydrogens is 436 g/mol. The van der Waals surface area contributed by atoms with Crippen molar-refractivity contribution in [2.75, 3.05) is 32.4 Å². The Morgan fingerprint density at radius 3 is 2.58 bits per heavy atom. The standard InChI is InChI=1S/C24H38N4O4Si/c1-30-24(31-2)17-6-8-18(9-7-17)28-15-26-23(29)20-14-25-22-19(21(20)28)10-11-27(22)16-32-12-13-33(3,4)5/h10-11,14,17-18,24H,6-9,12-13,15-16H2,1-5H3,(H,26,29). The Balaban J connectivity index is 1.53. The number of ether oxygens (including phenoxy) is 3. The van der Waals surface area contributed by atoms with Crippen LogP contribution in [0.25, 0.3) is 11.0 Å². The maximum Gasteiger partial charge on any atom is 0.256 e. The number of amides is 1. The monoisotopic (exact) mass is 474 g/mol. The van der Waals surface area contributed by atoms with E-state index in [1.54, 1.807) is 20.4 Å². The van der Waals surface area contributed by atoms with Crippen molar-refractivity contribution in [2.24, 2.45) is 5.92 Å². The van der Waals surface area contributed by atoms with E-state index in [1.807, 2.05) is 10.8 Å². The molecule has 0 saturated heterocycles. The van der Waals surface area contributed by atoms with E-state index in [0.717, 1.165) is 55.1 Å². The van der Waals surface area contributed by atoms with Gasteiger partial charge in [0.15, 0.2) is 6.29 Å². The van der Waals surface area contributed by atoms with Crippen LogP contribution in [-0.4, -0.2) is 63.4 Å². The second-order valence-corrected chi connectivity index (χ2v) is 16.1. The van der Waals surface area contributed by atoms with Crippen molar-refractivity contribution in [1.82, 2.24) is 14.9 Å². The number of aromatic nitrogens is 2. The molecule has 1 amide bonds. The molecule has 1 aliphatic heterocycles. The Bertz CT molecular complexity index is 961. The summed E-state index contributed by atoms with van der Waals surface area (Å²) in [6, 6.07) is 3.57. The maximum atomic E-state index is 12.6. The topological polar surface area (TPSA) is 77.9 Å². The van der Waals surface area contributed by atoms with Crippen molar-refractivity contribution in [3.05, 3.63) is 24.0 Å². The lowest BCUT2D eigenvalue weighted by Gasteiger charge is -2.42. The lowest BCUT2D eigenvalue weighted by molar-refractivity contribution is -0.144. The number of fused-ring (bicyclic) bond motifs is 3. The summed E-state index contributed by atoms with van der Waals surface area (Å²) in [4.78, 5) is 19.7. The first-order valence-corrected chi connectivity index (χ1v) is 15.7. The molecule has 0 spiro atoms. The summed E-state index contributed by atoms with van der Waals surface area (Å²) >= 11 is 0. The van der Waals surface area contributed by atoms with Crippen molar-refractivity contribution in [2.45, 2.75) is 70.4 Å². The fraction of sp³-hybridized carbons (Fsp3) is 0.667. The number of nitrogens with one attached hydrogen (secondary N) is 1. The number of anilines is 1. The molecule has 2 aromatic rings. The van der Waals surface area contributed by atoms with Gasteiger partial charge in [0.25, 0.3) is 5.91 Å². The first-order valence-electron chi connectivity index (χ1n) is 12.0. The second-order valence-electron chi connectivity index (χ2n) is 10.4. The van der Waals surface area contributed by atoms with Crippen LogP contribution in [0.3, 0.4) is 0 Å². The minimum Gasteiger partial charge on any atom is -0.361 e. The minimum absolute atomic E-state index is 0.0534. The Labute approximate surface area is 197 Å². The minimum atomic E-state index is -1.12. The number of rotatable bonds is 9. The van der Waals surface area contributed by atoms with Crippen molar-refractivity contribution < 1.29 is 19.0 Å². The van der Waals surface area contributed by atoms with Crippen molar-refractivity contribution >= 4 is 30.7 Å². The number of hydrogen-bond acceptors (Lipinski definition) is 6.